The minimum atomic E-state index is -0.163. The highest BCUT2D eigenvalue weighted by Gasteiger charge is 2.52. The molecule has 0 amide bonds. The molecule has 0 N–H and O–H groups in total. The molecular weight excluding hydrogens is 428 g/mol. The van der Waals surface area contributed by atoms with Gasteiger partial charge in [-0.25, -0.2) is 0 Å². The van der Waals surface area contributed by atoms with E-state index in [-0.39, 0.29) is 5.41 Å². The van der Waals surface area contributed by atoms with Gasteiger partial charge in [-0.05, 0) is 73.5 Å². The molecule has 0 fully saturated rings. The zero-order valence-electron chi connectivity index (χ0n) is 16.2. The van der Waals surface area contributed by atoms with Crippen LogP contribution in [0.5, 0.6) is 0 Å². The van der Waals surface area contributed by atoms with Crippen LogP contribution in [0.3, 0.4) is 0 Å². The van der Waals surface area contributed by atoms with E-state index in [9.17, 15) is 0 Å². The lowest BCUT2D eigenvalue weighted by atomic mass is 9.58. The standard InChI is InChI=1S/C29H17Br/c30-21-9-3-8-19(16-21)20-14-15-23-22-10-1-2-11-24(22)29(27(23)17-20)25-12-4-6-18-7-5-13-26(29)28(18)25/h1-17H. The zero-order valence-corrected chi connectivity index (χ0v) is 17.8. The van der Waals surface area contributed by atoms with Crippen LogP contribution in [0.25, 0.3) is 33.0 Å². The molecule has 5 aromatic carbocycles. The molecule has 0 unspecified atom stereocenters. The van der Waals surface area contributed by atoms with Crippen molar-refractivity contribution in [1.29, 1.82) is 0 Å². The Balaban J connectivity index is 1.58. The van der Waals surface area contributed by atoms with Crippen LogP contribution in [0.4, 0.5) is 0 Å². The monoisotopic (exact) mass is 444 g/mol. The maximum atomic E-state index is 3.63. The third-order valence-corrected chi connectivity index (χ3v) is 7.41. The van der Waals surface area contributed by atoms with Gasteiger partial charge in [0, 0.05) is 4.47 Å². The van der Waals surface area contributed by atoms with E-state index in [4.69, 9.17) is 0 Å². The van der Waals surface area contributed by atoms with E-state index in [1.54, 1.807) is 0 Å². The third-order valence-electron chi connectivity index (χ3n) is 6.92. The van der Waals surface area contributed by atoms with E-state index in [0.717, 1.165) is 4.47 Å². The third kappa shape index (κ3) is 1.87. The fourth-order valence-electron chi connectivity index (χ4n) is 5.76. The molecule has 0 bridgehead atoms. The normalized spacial score (nSPS) is 14.4. The second-order valence-corrected chi connectivity index (χ2v) is 9.19. The van der Waals surface area contributed by atoms with E-state index in [1.807, 2.05) is 0 Å². The van der Waals surface area contributed by atoms with Crippen molar-refractivity contribution in [3.63, 3.8) is 0 Å². The van der Waals surface area contributed by atoms with E-state index < -0.39 is 0 Å². The summed E-state index contributed by atoms with van der Waals surface area (Å²) >= 11 is 3.63. The molecule has 0 heterocycles. The Kier molecular flexibility index (Phi) is 3.16. The van der Waals surface area contributed by atoms with Crippen molar-refractivity contribution in [2.75, 3.05) is 0 Å². The molecule has 2 aliphatic rings. The van der Waals surface area contributed by atoms with Crippen molar-refractivity contribution in [2.24, 2.45) is 0 Å². The molecule has 0 saturated heterocycles. The lowest BCUT2D eigenvalue weighted by molar-refractivity contribution is 0.745. The van der Waals surface area contributed by atoms with Crippen molar-refractivity contribution in [3.05, 3.63) is 130 Å². The topological polar surface area (TPSA) is 0 Å². The molecule has 0 aliphatic heterocycles. The summed E-state index contributed by atoms with van der Waals surface area (Å²) in [5.74, 6) is 0. The van der Waals surface area contributed by atoms with Gasteiger partial charge in [0.05, 0.1) is 5.41 Å². The smallest absolute Gasteiger partial charge is 0.0619 e. The zero-order chi connectivity index (χ0) is 19.9. The van der Waals surface area contributed by atoms with Crippen LogP contribution < -0.4 is 0 Å². The average Bonchev–Trinajstić information content (AvgIpc) is 3.10. The SMILES string of the molecule is Brc1cccc(-c2ccc3c(c2)C2(c4ccccc4-3)c3cccc4cccc2c34)c1. The van der Waals surface area contributed by atoms with Gasteiger partial charge < -0.3 is 0 Å². The second kappa shape index (κ2) is 5.71. The van der Waals surface area contributed by atoms with E-state index in [1.165, 1.54) is 55.3 Å². The summed E-state index contributed by atoms with van der Waals surface area (Å²) in [6.45, 7) is 0. The minimum absolute atomic E-state index is 0.163. The fourth-order valence-corrected chi connectivity index (χ4v) is 6.16. The Morgan fingerprint density at radius 3 is 1.97 bits per heavy atom. The van der Waals surface area contributed by atoms with Gasteiger partial charge in [0.25, 0.3) is 0 Å². The summed E-state index contributed by atoms with van der Waals surface area (Å²) in [7, 11) is 0. The van der Waals surface area contributed by atoms with Gasteiger partial charge in [0.2, 0.25) is 0 Å². The van der Waals surface area contributed by atoms with Crippen molar-refractivity contribution in [3.8, 4) is 22.3 Å². The Hall–Kier alpha value is -3.16. The number of halogens is 1. The van der Waals surface area contributed by atoms with Gasteiger partial charge in [-0.3, -0.25) is 0 Å². The van der Waals surface area contributed by atoms with E-state index >= 15 is 0 Å². The maximum absolute atomic E-state index is 3.63. The van der Waals surface area contributed by atoms with Crippen molar-refractivity contribution in [2.45, 2.75) is 5.41 Å². The Morgan fingerprint density at radius 1 is 0.500 bits per heavy atom. The quantitative estimate of drug-likeness (QED) is 0.241. The number of hydrogen-bond donors (Lipinski definition) is 0. The lowest BCUT2D eigenvalue weighted by Gasteiger charge is -2.43. The van der Waals surface area contributed by atoms with Crippen LogP contribution in [0, 0.1) is 0 Å². The molecule has 0 nitrogen and oxygen atoms in total. The molecule has 1 heteroatoms. The number of fused-ring (bicyclic) bond motifs is 7. The van der Waals surface area contributed by atoms with Crippen molar-refractivity contribution < 1.29 is 0 Å². The van der Waals surface area contributed by atoms with Crippen molar-refractivity contribution in [1.82, 2.24) is 0 Å². The molecule has 0 atom stereocenters. The summed E-state index contributed by atoms with van der Waals surface area (Å²) in [4.78, 5) is 0. The Labute approximate surface area is 184 Å². The predicted molar refractivity (Wildman–Crippen MR) is 128 cm³/mol. The van der Waals surface area contributed by atoms with Crippen LogP contribution >= 0.6 is 15.9 Å². The summed E-state index contributed by atoms with van der Waals surface area (Å²) in [6, 6.07) is 38.1. The van der Waals surface area contributed by atoms with Gasteiger partial charge in [-0.1, -0.05) is 101 Å². The highest BCUT2D eigenvalue weighted by atomic mass is 79.9. The number of benzene rings is 5. The first kappa shape index (κ1) is 16.6. The van der Waals surface area contributed by atoms with Crippen LogP contribution in [-0.4, -0.2) is 0 Å². The highest BCUT2D eigenvalue weighted by Crippen LogP contribution is 2.63. The lowest BCUT2D eigenvalue weighted by Crippen LogP contribution is -2.36. The van der Waals surface area contributed by atoms with Crippen LogP contribution in [0.1, 0.15) is 22.3 Å². The first-order valence-electron chi connectivity index (χ1n) is 10.3. The first-order valence-corrected chi connectivity index (χ1v) is 11.1. The van der Waals surface area contributed by atoms with Gasteiger partial charge in [-0.2, -0.15) is 0 Å². The molecule has 0 aromatic heterocycles. The summed E-state index contributed by atoms with van der Waals surface area (Å²) < 4.78 is 1.11. The van der Waals surface area contributed by atoms with Gasteiger partial charge in [0.15, 0.2) is 0 Å². The van der Waals surface area contributed by atoms with E-state index in [0.29, 0.717) is 0 Å². The molecule has 7 rings (SSSR count). The molecule has 5 aromatic rings. The van der Waals surface area contributed by atoms with Crippen LogP contribution in [0.15, 0.2) is 108 Å². The summed E-state index contributed by atoms with van der Waals surface area (Å²) in [6.07, 6.45) is 0. The summed E-state index contributed by atoms with van der Waals surface area (Å²) in [5, 5.41) is 2.76. The molecule has 30 heavy (non-hydrogen) atoms. The van der Waals surface area contributed by atoms with Crippen molar-refractivity contribution >= 4 is 26.7 Å². The Morgan fingerprint density at radius 2 is 1.17 bits per heavy atom. The molecule has 2 aliphatic carbocycles. The number of rotatable bonds is 1. The minimum Gasteiger partial charge on any atom is -0.0619 e. The fraction of sp³-hybridized carbons (Fsp3) is 0.0345. The maximum Gasteiger partial charge on any atom is 0.0725 e. The van der Waals surface area contributed by atoms with Gasteiger partial charge in [0.1, 0.15) is 0 Å². The molecule has 1 spiro atoms. The van der Waals surface area contributed by atoms with Gasteiger partial charge >= 0.3 is 0 Å². The van der Waals surface area contributed by atoms with E-state index in [2.05, 4.69) is 119 Å². The Bertz CT molecular complexity index is 1470. The predicted octanol–water partition coefficient (Wildman–Crippen LogP) is 7.95. The highest BCUT2D eigenvalue weighted by molar-refractivity contribution is 9.10. The molecule has 140 valence electrons. The first-order chi connectivity index (χ1) is 14.8. The second-order valence-electron chi connectivity index (χ2n) is 8.28. The average molecular weight is 445 g/mol. The summed E-state index contributed by atoms with van der Waals surface area (Å²) in [5.41, 5.74) is 10.8. The molecule has 0 saturated carbocycles. The van der Waals surface area contributed by atoms with Gasteiger partial charge in [-0.15, -0.1) is 0 Å². The van der Waals surface area contributed by atoms with Crippen LogP contribution in [0.2, 0.25) is 0 Å². The molecular formula is C29H17Br. The van der Waals surface area contributed by atoms with Crippen LogP contribution in [-0.2, 0) is 5.41 Å². The largest absolute Gasteiger partial charge is 0.0725 e. The number of hydrogen-bond acceptors (Lipinski definition) is 0. The molecule has 0 radical (unpaired) electrons.